The van der Waals surface area contributed by atoms with Gasteiger partial charge in [0.15, 0.2) is 0 Å². The maximum Gasteiger partial charge on any atom is 0.472 e. The molecule has 0 saturated carbocycles. The van der Waals surface area contributed by atoms with Gasteiger partial charge >= 0.3 is 13.8 Å². The molecule has 1 N–H and O–H groups in total. The van der Waals surface area contributed by atoms with Crippen LogP contribution in [0.3, 0.4) is 0 Å². The van der Waals surface area contributed by atoms with Gasteiger partial charge in [0.05, 0.1) is 34.4 Å². The highest BCUT2D eigenvalue weighted by atomic mass is 31.2. The molecule has 8 nitrogen and oxygen atoms in total. The van der Waals surface area contributed by atoms with Crippen molar-refractivity contribution in [3.05, 3.63) is 0 Å². The molecule has 0 radical (unpaired) electrons. The molecule has 0 fully saturated rings. The van der Waals surface area contributed by atoms with Crippen molar-refractivity contribution in [1.29, 1.82) is 0 Å². The average molecular weight is 805 g/mol. The van der Waals surface area contributed by atoms with Crippen molar-refractivity contribution in [2.24, 2.45) is 0 Å². The van der Waals surface area contributed by atoms with Crippen LogP contribution in [0.5, 0.6) is 0 Å². The number of hydrogen-bond acceptors (Lipinski definition) is 6. The predicted octanol–water partition coefficient (Wildman–Crippen LogP) is 14.1. The number of esters is 1. The fourth-order valence-electron chi connectivity index (χ4n) is 6.97. The molecule has 0 aromatic carbocycles. The van der Waals surface area contributed by atoms with E-state index >= 15 is 0 Å². The van der Waals surface area contributed by atoms with E-state index in [2.05, 4.69) is 13.8 Å². The summed E-state index contributed by atoms with van der Waals surface area (Å²) < 4.78 is 35.0. The highest BCUT2D eigenvalue weighted by molar-refractivity contribution is 7.47. The molecule has 55 heavy (non-hydrogen) atoms. The molecule has 0 spiro atoms. The third-order valence-corrected chi connectivity index (χ3v) is 11.7. The highest BCUT2D eigenvalue weighted by Crippen LogP contribution is 2.43. The van der Waals surface area contributed by atoms with Gasteiger partial charge in [0.25, 0.3) is 0 Å². The Bertz CT molecular complexity index is 853. The first kappa shape index (κ1) is 54.5. The Morgan fingerprint density at radius 1 is 0.491 bits per heavy atom. The number of ether oxygens (including phenoxy) is 2. The Morgan fingerprint density at radius 2 is 0.836 bits per heavy atom. The number of quaternary nitrogens is 1. The first-order valence-electron chi connectivity index (χ1n) is 23.8. The lowest BCUT2D eigenvalue weighted by Crippen LogP contribution is -2.37. The van der Waals surface area contributed by atoms with Crippen molar-refractivity contribution in [2.75, 3.05) is 54.1 Å². The summed E-state index contributed by atoms with van der Waals surface area (Å²) in [5, 5.41) is 0. The molecule has 2 unspecified atom stereocenters. The fraction of sp³-hybridized carbons (Fsp3) is 0.978. The number of nitrogens with zero attached hydrogens (tertiary/aromatic N) is 1. The van der Waals surface area contributed by atoms with Gasteiger partial charge in [-0.2, -0.15) is 0 Å². The van der Waals surface area contributed by atoms with Crippen LogP contribution in [-0.2, 0) is 27.9 Å². The number of phosphoric acid groups is 1. The summed E-state index contributed by atoms with van der Waals surface area (Å²) in [6.45, 7) is 5.66. The van der Waals surface area contributed by atoms with Crippen LogP contribution in [0.4, 0.5) is 0 Å². The van der Waals surface area contributed by atoms with E-state index < -0.39 is 13.9 Å². The molecule has 330 valence electrons. The van der Waals surface area contributed by atoms with Crippen LogP contribution in [0.2, 0.25) is 0 Å². The molecule has 0 bridgehead atoms. The fourth-order valence-corrected chi connectivity index (χ4v) is 7.71. The van der Waals surface area contributed by atoms with E-state index in [-0.39, 0.29) is 25.8 Å². The SMILES string of the molecule is CCCCCCCCCCCCCCCCCCCCCCCCCCC(=O)OC(COCCCCCCCCCCC)COP(=O)(O)OCC[N+](C)(C)C. The van der Waals surface area contributed by atoms with Gasteiger partial charge in [-0.15, -0.1) is 0 Å². The molecule has 0 aliphatic carbocycles. The summed E-state index contributed by atoms with van der Waals surface area (Å²) in [6.07, 6.45) is 42.9. The van der Waals surface area contributed by atoms with E-state index in [0.29, 0.717) is 24.1 Å². The van der Waals surface area contributed by atoms with E-state index in [1.165, 1.54) is 180 Å². The smallest absolute Gasteiger partial charge is 0.457 e. The Hall–Kier alpha value is -0.500. The number of carbonyl (C=O) groups excluding carboxylic acids is 1. The maximum atomic E-state index is 12.7. The lowest BCUT2D eigenvalue weighted by Gasteiger charge is -2.24. The van der Waals surface area contributed by atoms with E-state index in [0.717, 1.165) is 32.1 Å². The third-order valence-electron chi connectivity index (χ3n) is 10.7. The second kappa shape index (κ2) is 40.3. The largest absolute Gasteiger partial charge is 0.472 e. The average Bonchev–Trinajstić information content (AvgIpc) is 3.13. The van der Waals surface area contributed by atoms with Crippen molar-refractivity contribution in [3.63, 3.8) is 0 Å². The molecule has 0 rings (SSSR count). The zero-order valence-electron chi connectivity index (χ0n) is 37.4. The summed E-state index contributed by atoms with van der Waals surface area (Å²) >= 11 is 0. The minimum Gasteiger partial charge on any atom is -0.457 e. The molecule has 0 aromatic heterocycles. The number of unbranched alkanes of at least 4 members (excludes halogenated alkanes) is 31. The molecule has 0 aliphatic heterocycles. The minimum absolute atomic E-state index is 0.0937. The molecule has 0 saturated heterocycles. The highest BCUT2D eigenvalue weighted by Gasteiger charge is 2.26. The summed E-state index contributed by atoms with van der Waals surface area (Å²) in [5.74, 6) is -0.308. The van der Waals surface area contributed by atoms with Crippen molar-refractivity contribution >= 4 is 13.8 Å². The Morgan fingerprint density at radius 3 is 1.20 bits per heavy atom. The Kier molecular flexibility index (Phi) is 39.9. The van der Waals surface area contributed by atoms with Crippen molar-refractivity contribution in [2.45, 2.75) is 238 Å². The Labute approximate surface area is 342 Å². The third kappa shape index (κ3) is 44.4. The monoisotopic (exact) mass is 805 g/mol. The normalized spacial score (nSPS) is 13.6. The van der Waals surface area contributed by atoms with Gasteiger partial charge in [0.1, 0.15) is 19.3 Å². The summed E-state index contributed by atoms with van der Waals surface area (Å²) in [4.78, 5) is 22.9. The second-order valence-electron chi connectivity index (χ2n) is 17.5. The molecule has 0 aromatic rings. The van der Waals surface area contributed by atoms with E-state index in [1.54, 1.807) is 0 Å². The van der Waals surface area contributed by atoms with Gasteiger partial charge in [0, 0.05) is 13.0 Å². The van der Waals surface area contributed by atoms with Gasteiger partial charge in [-0.05, 0) is 12.8 Å². The van der Waals surface area contributed by atoms with Crippen molar-refractivity contribution in [1.82, 2.24) is 0 Å². The molecule has 9 heteroatoms. The number of likely N-dealkylation sites (N-methyl/N-ethyl adjacent to an activating group) is 1. The molecular weight excluding hydrogens is 709 g/mol. The van der Waals surface area contributed by atoms with Crippen LogP contribution >= 0.6 is 7.82 Å². The quantitative estimate of drug-likeness (QED) is 0.0284. The van der Waals surface area contributed by atoms with E-state index in [1.807, 2.05) is 21.1 Å². The van der Waals surface area contributed by atoms with Crippen LogP contribution in [0.25, 0.3) is 0 Å². The number of carbonyl (C=O) groups is 1. The minimum atomic E-state index is -4.26. The van der Waals surface area contributed by atoms with Crippen LogP contribution in [-0.4, -0.2) is 75.6 Å². The van der Waals surface area contributed by atoms with E-state index in [4.69, 9.17) is 18.5 Å². The predicted molar refractivity (Wildman–Crippen MR) is 234 cm³/mol. The van der Waals surface area contributed by atoms with E-state index in [9.17, 15) is 14.3 Å². The van der Waals surface area contributed by atoms with Gasteiger partial charge < -0.3 is 18.9 Å². The first-order chi connectivity index (χ1) is 26.6. The molecule has 0 heterocycles. The lowest BCUT2D eigenvalue weighted by molar-refractivity contribution is -0.870. The lowest BCUT2D eigenvalue weighted by atomic mass is 10.0. The zero-order chi connectivity index (χ0) is 40.6. The van der Waals surface area contributed by atoms with Crippen molar-refractivity contribution in [3.8, 4) is 0 Å². The Balaban J connectivity index is 3.97. The first-order valence-corrected chi connectivity index (χ1v) is 25.3. The summed E-state index contributed by atoms with van der Waals surface area (Å²) in [5.41, 5.74) is 0. The summed E-state index contributed by atoms with van der Waals surface area (Å²) in [6, 6.07) is 0. The number of phosphoric ester groups is 1. The topological polar surface area (TPSA) is 91.3 Å². The van der Waals surface area contributed by atoms with Gasteiger partial charge in [-0.25, -0.2) is 4.57 Å². The maximum absolute atomic E-state index is 12.7. The number of hydrogen-bond donors (Lipinski definition) is 1. The summed E-state index contributed by atoms with van der Waals surface area (Å²) in [7, 11) is 1.68. The van der Waals surface area contributed by atoms with Gasteiger partial charge in [-0.1, -0.05) is 213 Å². The van der Waals surface area contributed by atoms with Crippen LogP contribution in [0.15, 0.2) is 0 Å². The van der Waals surface area contributed by atoms with Crippen LogP contribution < -0.4 is 0 Å². The molecular formula is C46H95NO7P+. The molecule has 2 atom stereocenters. The van der Waals surface area contributed by atoms with Crippen molar-refractivity contribution < 1.29 is 37.3 Å². The number of rotatable bonds is 45. The van der Waals surface area contributed by atoms with Gasteiger partial charge in [0.2, 0.25) is 0 Å². The molecule has 0 amide bonds. The standard InChI is InChI=1S/C46H94NO7P/c1-6-8-10-12-14-16-17-18-19-20-21-22-23-24-25-26-27-28-29-30-31-33-35-37-39-46(48)54-45(44-53-55(49,50)52-42-40-47(3,4)5)43-51-41-38-36-34-32-15-13-11-9-7-2/h45H,6-44H2,1-5H3/p+1. The van der Waals surface area contributed by atoms with Gasteiger partial charge in [-0.3, -0.25) is 13.8 Å². The molecule has 0 aliphatic rings. The zero-order valence-corrected chi connectivity index (χ0v) is 38.3. The van der Waals surface area contributed by atoms with Crippen LogP contribution in [0, 0.1) is 0 Å². The second-order valence-corrected chi connectivity index (χ2v) is 19.0. The van der Waals surface area contributed by atoms with Crippen LogP contribution in [0.1, 0.15) is 232 Å².